The highest BCUT2D eigenvalue weighted by Crippen LogP contribution is 2.17. The number of aromatic nitrogens is 1. The number of halogens is 1. The summed E-state index contributed by atoms with van der Waals surface area (Å²) in [7, 11) is 0. The first-order valence-electron chi connectivity index (χ1n) is 4.94. The molecule has 1 aromatic heterocycles. The summed E-state index contributed by atoms with van der Waals surface area (Å²) in [5.74, 6) is 0.128. The third-order valence-electron chi connectivity index (χ3n) is 2.16. The average molecular weight is 248 g/mol. The molecule has 4 nitrogen and oxygen atoms in total. The van der Waals surface area contributed by atoms with E-state index in [9.17, 15) is 4.79 Å². The zero-order valence-electron chi connectivity index (χ0n) is 8.85. The molecular formula is C12H10ClN3O. The van der Waals surface area contributed by atoms with E-state index in [0.717, 1.165) is 0 Å². The number of carbonyl (C=O) groups is 1. The van der Waals surface area contributed by atoms with Crippen LogP contribution in [-0.4, -0.2) is 10.9 Å². The van der Waals surface area contributed by atoms with Crippen molar-refractivity contribution in [3.05, 3.63) is 53.2 Å². The molecule has 86 valence electrons. The van der Waals surface area contributed by atoms with Crippen LogP contribution in [0.5, 0.6) is 0 Å². The summed E-state index contributed by atoms with van der Waals surface area (Å²) in [6.07, 6.45) is 1.49. The molecule has 0 spiro atoms. The molecule has 0 bridgehead atoms. The minimum atomic E-state index is -0.276. The standard InChI is InChI=1S/C12H10ClN3O/c13-10-4-2-1-3-9(10)12(17)16-8-5-6-11(14)15-7-8/h1-7H,(H2,14,15)(H,16,17). The van der Waals surface area contributed by atoms with Crippen LogP contribution in [0, 0.1) is 0 Å². The second kappa shape index (κ2) is 4.84. The maximum Gasteiger partial charge on any atom is 0.257 e. The van der Waals surface area contributed by atoms with Crippen molar-refractivity contribution in [3.8, 4) is 0 Å². The summed E-state index contributed by atoms with van der Waals surface area (Å²) in [4.78, 5) is 15.7. The first-order chi connectivity index (χ1) is 8.16. The highest BCUT2D eigenvalue weighted by molar-refractivity contribution is 6.34. The zero-order chi connectivity index (χ0) is 12.3. The van der Waals surface area contributed by atoms with Crippen molar-refractivity contribution >= 4 is 29.0 Å². The third-order valence-corrected chi connectivity index (χ3v) is 2.49. The van der Waals surface area contributed by atoms with Crippen molar-refractivity contribution in [3.63, 3.8) is 0 Å². The Labute approximate surface area is 103 Å². The van der Waals surface area contributed by atoms with Gasteiger partial charge in [0.1, 0.15) is 5.82 Å². The lowest BCUT2D eigenvalue weighted by atomic mass is 10.2. The number of nitrogen functional groups attached to an aromatic ring is 1. The van der Waals surface area contributed by atoms with Crippen molar-refractivity contribution in [2.24, 2.45) is 0 Å². The van der Waals surface area contributed by atoms with Gasteiger partial charge in [0.05, 0.1) is 22.5 Å². The minimum Gasteiger partial charge on any atom is -0.384 e. The van der Waals surface area contributed by atoms with Crippen molar-refractivity contribution in [2.45, 2.75) is 0 Å². The largest absolute Gasteiger partial charge is 0.384 e. The topological polar surface area (TPSA) is 68.0 Å². The van der Waals surface area contributed by atoms with Gasteiger partial charge in [-0.15, -0.1) is 0 Å². The highest BCUT2D eigenvalue weighted by atomic mass is 35.5. The van der Waals surface area contributed by atoms with E-state index >= 15 is 0 Å². The molecule has 2 rings (SSSR count). The van der Waals surface area contributed by atoms with Crippen LogP contribution in [0.4, 0.5) is 11.5 Å². The maximum atomic E-state index is 11.9. The van der Waals surface area contributed by atoms with E-state index in [1.807, 2.05) is 0 Å². The fourth-order valence-electron chi connectivity index (χ4n) is 1.32. The fourth-order valence-corrected chi connectivity index (χ4v) is 1.54. The van der Waals surface area contributed by atoms with Crippen molar-refractivity contribution in [2.75, 3.05) is 11.1 Å². The van der Waals surface area contributed by atoms with E-state index in [2.05, 4.69) is 10.3 Å². The molecule has 1 amide bonds. The van der Waals surface area contributed by atoms with Gasteiger partial charge < -0.3 is 11.1 Å². The molecule has 0 saturated carbocycles. The maximum absolute atomic E-state index is 11.9. The Kier molecular flexibility index (Phi) is 3.25. The summed E-state index contributed by atoms with van der Waals surface area (Å²) < 4.78 is 0. The van der Waals surface area contributed by atoms with Crippen LogP contribution < -0.4 is 11.1 Å². The Morgan fingerprint density at radius 2 is 2.00 bits per heavy atom. The molecule has 0 fully saturated rings. The molecule has 2 aromatic rings. The molecule has 3 N–H and O–H groups in total. The number of hydrogen-bond donors (Lipinski definition) is 2. The molecule has 0 aliphatic rings. The van der Waals surface area contributed by atoms with Gasteiger partial charge in [-0.1, -0.05) is 23.7 Å². The molecule has 0 atom stereocenters. The molecule has 17 heavy (non-hydrogen) atoms. The van der Waals surface area contributed by atoms with Crippen LogP contribution >= 0.6 is 11.6 Å². The van der Waals surface area contributed by atoms with Crippen molar-refractivity contribution in [1.29, 1.82) is 0 Å². The van der Waals surface area contributed by atoms with Crippen molar-refractivity contribution in [1.82, 2.24) is 4.98 Å². The Morgan fingerprint density at radius 1 is 1.24 bits per heavy atom. The molecule has 0 radical (unpaired) electrons. The summed E-state index contributed by atoms with van der Waals surface area (Å²) in [5.41, 5.74) is 6.44. The summed E-state index contributed by atoms with van der Waals surface area (Å²) in [6.45, 7) is 0. The van der Waals surface area contributed by atoms with Crippen LogP contribution in [0.2, 0.25) is 5.02 Å². The summed E-state index contributed by atoms with van der Waals surface area (Å²) in [5, 5.41) is 3.10. The molecule has 1 heterocycles. The molecule has 0 unspecified atom stereocenters. The Bertz CT molecular complexity index is 540. The predicted molar refractivity (Wildman–Crippen MR) is 68.1 cm³/mol. The monoisotopic (exact) mass is 247 g/mol. The lowest BCUT2D eigenvalue weighted by Crippen LogP contribution is -2.12. The predicted octanol–water partition coefficient (Wildman–Crippen LogP) is 2.57. The number of nitrogens with one attached hydrogen (secondary N) is 1. The van der Waals surface area contributed by atoms with Gasteiger partial charge in [-0.25, -0.2) is 4.98 Å². The van der Waals surface area contributed by atoms with Crippen LogP contribution in [0.25, 0.3) is 0 Å². The number of pyridine rings is 1. The minimum absolute atomic E-state index is 0.276. The zero-order valence-corrected chi connectivity index (χ0v) is 9.61. The van der Waals surface area contributed by atoms with E-state index in [1.165, 1.54) is 6.20 Å². The number of nitrogens with zero attached hydrogens (tertiary/aromatic N) is 1. The average Bonchev–Trinajstić information content (AvgIpc) is 2.32. The number of rotatable bonds is 2. The van der Waals surface area contributed by atoms with Crippen LogP contribution in [-0.2, 0) is 0 Å². The summed E-state index contributed by atoms with van der Waals surface area (Å²) in [6, 6.07) is 10.1. The smallest absolute Gasteiger partial charge is 0.257 e. The van der Waals surface area contributed by atoms with Gasteiger partial charge >= 0.3 is 0 Å². The lowest BCUT2D eigenvalue weighted by Gasteiger charge is -2.06. The Morgan fingerprint density at radius 3 is 2.65 bits per heavy atom. The van der Waals surface area contributed by atoms with Crippen molar-refractivity contribution < 1.29 is 4.79 Å². The number of anilines is 2. The van der Waals surface area contributed by atoms with Gasteiger partial charge in [-0.05, 0) is 24.3 Å². The third kappa shape index (κ3) is 2.73. The molecule has 5 heteroatoms. The van der Waals surface area contributed by atoms with Gasteiger partial charge in [0.2, 0.25) is 0 Å². The first-order valence-corrected chi connectivity index (χ1v) is 5.32. The second-order valence-electron chi connectivity index (χ2n) is 3.41. The van der Waals surface area contributed by atoms with E-state index in [4.69, 9.17) is 17.3 Å². The van der Waals surface area contributed by atoms with Crippen LogP contribution in [0.3, 0.4) is 0 Å². The van der Waals surface area contributed by atoms with Crippen LogP contribution in [0.1, 0.15) is 10.4 Å². The van der Waals surface area contributed by atoms with E-state index < -0.39 is 0 Å². The molecule has 1 aromatic carbocycles. The first kappa shape index (κ1) is 11.4. The highest BCUT2D eigenvalue weighted by Gasteiger charge is 2.09. The van der Waals surface area contributed by atoms with Gasteiger partial charge in [-0.3, -0.25) is 4.79 Å². The van der Waals surface area contributed by atoms with Crippen LogP contribution in [0.15, 0.2) is 42.6 Å². The van der Waals surface area contributed by atoms with Gasteiger partial charge in [0.25, 0.3) is 5.91 Å². The number of benzene rings is 1. The van der Waals surface area contributed by atoms with Gasteiger partial charge in [0.15, 0.2) is 0 Å². The second-order valence-corrected chi connectivity index (χ2v) is 3.81. The summed E-state index contributed by atoms with van der Waals surface area (Å²) >= 11 is 5.91. The number of carbonyl (C=O) groups excluding carboxylic acids is 1. The fraction of sp³-hybridized carbons (Fsp3) is 0. The number of amides is 1. The van der Waals surface area contributed by atoms with Gasteiger partial charge in [-0.2, -0.15) is 0 Å². The molecular weight excluding hydrogens is 238 g/mol. The molecule has 0 aliphatic heterocycles. The number of nitrogens with two attached hydrogens (primary N) is 1. The van der Waals surface area contributed by atoms with Gasteiger partial charge in [0, 0.05) is 0 Å². The lowest BCUT2D eigenvalue weighted by molar-refractivity contribution is 0.102. The Balaban J connectivity index is 2.17. The quantitative estimate of drug-likeness (QED) is 0.857. The SMILES string of the molecule is Nc1ccc(NC(=O)c2ccccc2Cl)cn1. The Hall–Kier alpha value is -2.07. The van der Waals surface area contributed by atoms with E-state index in [0.29, 0.717) is 22.1 Å². The van der Waals surface area contributed by atoms with E-state index in [-0.39, 0.29) is 5.91 Å². The van der Waals surface area contributed by atoms with E-state index in [1.54, 1.807) is 36.4 Å². The molecule has 0 saturated heterocycles. The number of hydrogen-bond acceptors (Lipinski definition) is 3. The molecule has 0 aliphatic carbocycles. The normalized spacial score (nSPS) is 9.94.